The molecule has 4 N–H and O–H groups in total. The first kappa shape index (κ1) is 24.4. The van der Waals surface area contributed by atoms with E-state index in [9.17, 15) is 13.2 Å². The number of pyridine rings is 1. The Morgan fingerprint density at radius 2 is 1.83 bits per heavy atom. The van der Waals surface area contributed by atoms with Gasteiger partial charge in [0.05, 0.1) is 33.7 Å². The average molecular weight is 511 g/mol. The molecule has 35 heavy (non-hydrogen) atoms. The van der Waals surface area contributed by atoms with Gasteiger partial charge in [0.2, 0.25) is 5.95 Å². The van der Waals surface area contributed by atoms with Gasteiger partial charge in [-0.3, -0.25) is 4.79 Å². The van der Waals surface area contributed by atoms with Gasteiger partial charge in [-0.05, 0) is 43.7 Å². The fourth-order valence-corrected chi connectivity index (χ4v) is 5.19. The summed E-state index contributed by atoms with van der Waals surface area (Å²) in [6.45, 7) is 3.75. The van der Waals surface area contributed by atoms with E-state index in [2.05, 4.69) is 25.6 Å². The summed E-state index contributed by atoms with van der Waals surface area (Å²) in [6, 6.07) is 13.7. The summed E-state index contributed by atoms with van der Waals surface area (Å²) >= 11 is 6.32. The molecule has 0 bridgehead atoms. The van der Waals surface area contributed by atoms with E-state index in [0.29, 0.717) is 23.3 Å². The Morgan fingerprint density at radius 1 is 1.06 bits per heavy atom. The van der Waals surface area contributed by atoms with Crippen LogP contribution in [0.5, 0.6) is 0 Å². The van der Waals surface area contributed by atoms with Crippen LogP contribution in [0.4, 0.5) is 23.1 Å². The number of aromatic nitrogens is 3. The summed E-state index contributed by atoms with van der Waals surface area (Å²) < 4.78 is 25.4. The summed E-state index contributed by atoms with van der Waals surface area (Å²) in [7, 11) is -3.49. The number of aryl methyl sites for hydroxylation is 1. The van der Waals surface area contributed by atoms with E-state index >= 15 is 0 Å². The minimum atomic E-state index is -3.49. The first-order valence-corrected chi connectivity index (χ1v) is 12.8. The predicted molar refractivity (Wildman–Crippen MR) is 137 cm³/mol. The monoisotopic (exact) mass is 510 g/mol. The molecule has 0 aliphatic rings. The molecule has 1 amide bonds. The molecule has 0 spiro atoms. The lowest BCUT2D eigenvalue weighted by atomic mass is 10.1. The van der Waals surface area contributed by atoms with Gasteiger partial charge >= 0.3 is 0 Å². The van der Waals surface area contributed by atoms with Gasteiger partial charge in [0.25, 0.3) is 5.91 Å². The van der Waals surface area contributed by atoms with Crippen LogP contribution >= 0.6 is 11.6 Å². The van der Waals surface area contributed by atoms with Gasteiger partial charge < -0.3 is 16.4 Å². The molecule has 0 aliphatic heterocycles. The average Bonchev–Trinajstić information content (AvgIpc) is 2.81. The molecular formula is C24H23ClN6O3S. The Balaban J connectivity index is 1.73. The van der Waals surface area contributed by atoms with Crippen LogP contribution in [0.15, 0.2) is 59.6 Å². The van der Waals surface area contributed by atoms with Gasteiger partial charge in [0, 0.05) is 5.39 Å². The van der Waals surface area contributed by atoms with Gasteiger partial charge in [-0.2, -0.15) is 4.98 Å². The highest BCUT2D eigenvalue weighted by Crippen LogP contribution is 2.31. The lowest BCUT2D eigenvalue weighted by Crippen LogP contribution is -2.14. The van der Waals surface area contributed by atoms with Gasteiger partial charge in [-0.25, -0.2) is 18.4 Å². The zero-order valence-electron chi connectivity index (χ0n) is 19.0. The number of anilines is 4. The number of carbonyl (C=O) groups is 1. The molecule has 11 heteroatoms. The Labute approximate surface area is 207 Å². The molecule has 0 saturated carbocycles. The third kappa shape index (κ3) is 5.33. The molecule has 0 aliphatic carbocycles. The summed E-state index contributed by atoms with van der Waals surface area (Å²) in [5.41, 5.74) is 8.02. The van der Waals surface area contributed by atoms with E-state index < -0.39 is 15.7 Å². The summed E-state index contributed by atoms with van der Waals surface area (Å²) in [6.07, 6.45) is 1.89. The zero-order chi connectivity index (χ0) is 25.2. The number of carbonyl (C=O) groups excluding carboxylic acids is 1. The maximum Gasteiger partial charge on any atom is 0.267 e. The van der Waals surface area contributed by atoms with Crippen LogP contribution < -0.4 is 16.4 Å². The van der Waals surface area contributed by atoms with E-state index in [0.717, 1.165) is 10.9 Å². The third-order valence-electron chi connectivity index (χ3n) is 5.16. The van der Waals surface area contributed by atoms with Crippen LogP contribution in [0, 0.1) is 6.92 Å². The Morgan fingerprint density at radius 3 is 2.57 bits per heavy atom. The summed E-state index contributed by atoms with van der Waals surface area (Å²) in [5, 5.41) is 7.07. The predicted octanol–water partition coefficient (Wildman–Crippen LogP) is 4.76. The summed E-state index contributed by atoms with van der Waals surface area (Å²) in [4.78, 5) is 24.9. The highest BCUT2D eigenvalue weighted by Gasteiger charge is 2.19. The summed E-state index contributed by atoms with van der Waals surface area (Å²) in [5.74, 6) is -0.254. The molecule has 2 aromatic heterocycles. The lowest BCUT2D eigenvalue weighted by Gasteiger charge is -2.14. The van der Waals surface area contributed by atoms with Gasteiger partial charge in [-0.15, -0.1) is 0 Å². The minimum absolute atomic E-state index is 0.0206. The third-order valence-corrected chi connectivity index (χ3v) is 7.40. The quantitative estimate of drug-likeness (QED) is 0.308. The number of para-hydroxylation sites is 1. The molecule has 0 unspecified atom stereocenters. The number of nitrogens with two attached hydrogens (primary N) is 1. The number of nitrogens with zero attached hydrogens (tertiary/aromatic N) is 3. The van der Waals surface area contributed by atoms with E-state index in [1.54, 1.807) is 37.3 Å². The number of fused-ring (bicyclic) bond motifs is 1. The first-order chi connectivity index (χ1) is 16.7. The number of hydrogen-bond donors (Lipinski definition) is 3. The number of nitrogens with one attached hydrogen (secondary N) is 2. The zero-order valence-corrected chi connectivity index (χ0v) is 20.6. The number of rotatable bonds is 8. The van der Waals surface area contributed by atoms with Crippen molar-refractivity contribution in [2.45, 2.75) is 25.2 Å². The van der Waals surface area contributed by atoms with Crippen LogP contribution in [-0.4, -0.2) is 35.0 Å². The Bertz CT molecular complexity index is 1540. The molecule has 4 rings (SSSR count). The molecule has 180 valence electrons. The fraction of sp³-hybridized carbons (Fsp3) is 0.167. The minimum Gasteiger partial charge on any atom is -0.364 e. The highest BCUT2D eigenvalue weighted by molar-refractivity contribution is 7.91. The smallest absolute Gasteiger partial charge is 0.267 e. The van der Waals surface area contributed by atoms with Gasteiger partial charge in [-0.1, -0.05) is 42.3 Å². The SMILES string of the molecule is CCCS(=O)(=O)c1ccccc1Nc1nc(Nc2cc(C(N)=O)nc3ccc(C)cc23)ncc1Cl. The van der Waals surface area contributed by atoms with Crippen molar-refractivity contribution in [3.05, 3.63) is 71.0 Å². The molecular weight excluding hydrogens is 488 g/mol. The molecule has 2 heterocycles. The van der Waals surface area contributed by atoms with Crippen LogP contribution in [0.2, 0.25) is 5.02 Å². The maximum atomic E-state index is 12.7. The van der Waals surface area contributed by atoms with Crippen LogP contribution in [0.3, 0.4) is 0 Å². The van der Waals surface area contributed by atoms with Crippen molar-refractivity contribution in [2.75, 3.05) is 16.4 Å². The van der Waals surface area contributed by atoms with Crippen LogP contribution in [0.25, 0.3) is 10.9 Å². The van der Waals surface area contributed by atoms with Crippen molar-refractivity contribution in [1.29, 1.82) is 0 Å². The van der Waals surface area contributed by atoms with Crippen molar-refractivity contribution in [3.63, 3.8) is 0 Å². The van der Waals surface area contributed by atoms with Crippen LogP contribution in [-0.2, 0) is 9.84 Å². The first-order valence-electron chi connectivity index (χ1n) is 10.8. The standard InChI is InChI=1S/C24H23ClN6O3S/c1-3-10-35(33,34)21-7-5-4-6-18(21)29-23-16(25)13-27-24(31-23)30-19-12-20(22(26)32)28-17-9-8-14(2)11-15(17)19/h4-9,11-13H,3,10H2,1-2H3,(H2,26,32)(H2,27,28,29,30,31). The molecule has 0 radical (unpaired) electrons. The second-order valence-electron chi connectivity index (χ2n) is 7.90. The molecule has 4 aromatic rings. The number of primary amides is 1. The second kappa shape index (κ2) is 9.85. The number of benzene rings is 2. The number of halogens is 1. The Kier molecular flexibility index (Phi) is 6.86. The van der Waals surface area contributed by atoms with Gasteiger partial charge in [0.15, 0.2) is 15.7 Å². The molecule has 0 atom stereocenters. The molecule has 9 nitrogen and oxygen atoms in total. The number of amides is 1. The van der Waals surface area contributed by atoms with Crippen LogP contribution in [0.1, 0.15) is 29.4 Å². The Hall–Kier alpha value is -3.76. The van der Waals surface area contributed by atoms with Crippen molar-refractivity contribution in [3.8, 4) is 0 Å². The normalized spacial score (nSPS) is 11.4. The number of sulfone groups is 1. The largest absolute Gasteiger partial charge is 0.364 e. The fourth-order valence-electron chi connectivity index (χ4n) is 3.55. The van der Waals surface area contributed by atoms with Crippen molar-refractivity contribution in [2.24, 2.45) is 5.73 Å². The van der Waals surface area contributed by atoms with Crippen molar-refractivity contribution >= 4 is 61.4 Å². The van der Waals surface area contributed by atoms with Gasteiger partial charge in [0.1, 0.15) is 10.7 Å². The van der Waals surface area contributed by atoms with Crippen molar-refractivity contribution in [1.82, 2.24) is 15.0 Å². The topological polar surface area (TPSA) is 140 Å². The highest BCUT2D eigenvalue weighted by atomic mass is 35.5. The molecule has 0 fully saturated rings. The van der Waals surface area contributed by atoms with E-state index in [1.807, 2.05) is 19.1 Å². The van der Waals surface area contributed by atoms with E-state index in [4.69, 9.17) is 17.3 Å². The van der Waals surface area contributed by atoms with Crippen molar-refractivity contribution < 1.29 is 13.2 Å². The lowest BCUT2D eigenvalue weighted by molar-refractivity contribution is 0.0996. The number of hydrogen-bond acceptors (Lipinski definition) is 8. The molecule has 2 aromatic carbocycles. The van der Waals surface area contributed by atoms with E-state index in [1.165, 1.54) is 12.3 Å². The maximum absolute atomic E-state index is 12.7. The van der Waals surface area contributed by atoms with E-state index in [-0.39, 0.29) is 33.1 Å². The molecule has 0 saturated heterocycles. The second-order valence-corrected chi connectivity index (χ2v) is 10.4.